The van der Waals surface area contributed by atoms with Crippen molar-refractivity contribution in [1.82, 2.24) is 4.90 Å². The average molecular weight is 305 g/mol. The fourth-order valence-corrected chi connectivity index (χ4v) is 2.89. The van der Waals surface area contributed by atoms with Crippen molar-refractivity contribution in [3.05, 3.63) is 23.8 Å². The van der Waals surface area contributed by atoms with Crippen molar-refractivity contribution in [2.24, 2.45) is 5.92 Å². The molecule has 0 radical (unpaired) electrons. The smallest absolute Gasteiger partial charge is 0.308 e. The number of rotatable bonds is 3. The number of nitrogens with zero attached hydrogens (tertiary/aromatic N) is 1. The molecule has 2 heterocycles. The molecular formula is C16H19NO5. The lowest BCUT2D eigenvalue weighted by Gasteiger charge is -2.25. The van der Waals surface area contributed by atoms with Gasteiger partial charge in [-0.15, -0.1) is 0 Å². The van der Waals surface area contributed by atoms with Crippen LogP contribution in [-0.2, 0) is 9.59 Å². The number of hydrogen-bond donors (Lipinski definition) is 1. The predicted molar refractivity (Wildman–Crippen MR) is 77.9 cm³/mol. The minimum Gasteiger partial charge on any atom is -0.490 e. The quantitative estimate of drug-likeness (QED) is 0.922. The van der Waals surface area contributed by atoms with Gasteiger partial charge in [-0.25, -0.2) is 0 Å². The summed E-state index contributed by atoms with van der Waals surface area (Å²) in [7, 11) is 0. The van der Waals surface area contributed by atoms with Gasteiger partial charge in [-0.3, -0.25) is 9.59 Å². The number of aliphatic carboxylic acids is 1. The van der Waals surface area contributed by atoms with Crippen molar-refractivity contribution >= 4 is 11.9 Å². The Hall–Kier alpha value is -2.24. The van der Waals surface area contributed by atoms with Crippen LogP contribution in [0.5, 0.6) is 11.5 Å². The first-order valence-corrected chi connectivity index (χ1v) is 7.48. The first-order valence-electron chi connectivity index (χ1n) is 7.48. The summed E-state index contributed by atoms with van der Waals surface area (Å²) in [5, 5.41) is 9.08. The topological polar surface area (TPSA) is 76.1 Å². The number of fused-ring (bicyclic) bond motifs is 1. The number of carboxylic acid groups (broad SMARTS) is 1. The highest BCUT2D eigenvalue weighted by molar-refractivity contribution is 5.86. The van der Waals surface area contributed by atoms with Gasteiger partial charge in [0.05, 0.1) is 25.2 Å². The maximum Gasteiger partial charge on any atom is 0.308 e. The van der Waals surface area contributed by atoms with E-state index in [1.807, 2.05) is 25.1 Å². The summed E-state index contributed by atoms with van der Waals surface area (Å²) in [5.74, 6) is -0.253. The molecular weight excluding hydrogens is 286 g/mol. The number of likely N-dealkylation sites (tertiary alicyclic amines) is 1. The molecule has 118 valence electrons. The normalized spacial score (nSPS) is 22.3. The molecule has 6 heteroatoms. The first-order chi connectivity index (χ1) is 10.6. The molecule has 2 atom stereocenters. The van der Waals surface area contributed by atoms with E-state index in [1.165, 1.54) is 0 Å². The van der Waals surface area contributed by atoms with Gasteiger partial charge < -0.3 is 19.5 Å². The number of benzene rings is 1. The van der Waals surface area contributed by atoms with Crippen LogP contribution in [0.3, 0.4) is 0 Å². The molecule has 22 heavy (non-hydrogen) atoms. The lowest BCUT2D eigenvalue weighted by molar-refractivity contribution is -0.141. The van der Waals surface area contributed by atoms with Crippen LogP contribution in [0, 0.1) is 5.92 Å². The third kappa shape index (κ3) is 2.73. The Balaban J connectivity index is 1.80. The highest BCUT2D eigenvalue weighted by Gasteiger charge is 2.37. The number of carbonyl (C=O) groups excluding carboxylic acids is 1. The summed E-state index contributed by atoms with van der Waals surface area (Å²) in [4.78, 5) is 24.7. The minimum atomic E-state index is -0.915. The van der Waals surface area contributed by atoms with Gasteiger partial charge in [-0.05, 0) is 24.6 Å². The molecule has 0 aliphatic carbocycles. The zero-order valence-corrected chi connectivity index (χ0v) is 12.4. The zero-order valence-electron chi connectivity index (χ0n) is 12.4. The fourth-order valence-electron chi connectivity index (χ4n) is 2.89. The summed E-state index contributed by atoms with van der Waals surface area (Å²) < 4.78 is 11.3. The van der Waals surface area contributed by atoms with Gasteiger partial charge in [0.2, 0.25) is 5.91 Å². The summed E-state index contributed by atoms with van der Waals surface area (Å²) in [5.41, 5.74) is 0.920. The zero-order chi connectivity index (χ0) is 15.7. The summed E-state index contributed by atoms with van der Waals surface area (Å²) in [6.07, 6.45) is 0.911. The van der Waals surface area contributed by atoms with E-state index in [9.17, 15) is 9.59 Å². The molecule has 6 nitrogen and oxygen atoms in total. The Morgan fingerprint density at radius 2 is 2.05 bits per heavy atom. The molecule has 2 unspecified atom stereocenters. The molecule has 2 aliphatic heterocycles. The molecule has 1 N–H and O–H groups in total. The van der Waals surface area contributed by atoms with E-state index in [2.05, 4.69) is 0 Å². The molecule has 1 aromatic carbocycles. The Morgan fingerprint density at radius 1 is 1.32 bits per heavy atom. The van der Waals surface area contributed by atoms with Gasteiger partial charge in [0, 0.05) is 19.4 Å². The van der Waals surface area contributed by atoms with Crippen LogP contribution in [-0.4, -0.2) is 41.6 Å². The Kier molecular flexibility index (Phi) is 3.92. The largest absolute Gasteiger partial charge is 0.490 e. The molecule has 0 spiro atoms. The van der Waals surface area contributed by atoms with E-state index in [4.69, 9.17) is 14.6 Å². The lowest BCUT2D eigenvalue weighted by atomic mass is 10.1. The number of amides is 1. The molecule has 0 bridgehead atoms. The maximum absolute atomic E-state index is 12.1. The maximum atomic E-state index is 12.1. The Labute approximate surface area is 128 Å². The van der Waals surface area contributed by atoms with Gasteiger partial charge in [-0.1, -0.05) is 6.07 Å². The molecule has 1 saturated heterocycles. The number of ether oxygens (including phenoxy) is 2. The third-order valence-electron chi connectivity index (χ3n) is 4.23. The first kappa shape index (κ1) is 14.7. The Bertz CT molecular complexity index is 600. The summed E-state index contributed by atoms with van der Waals surface area (Å²) >= 11 is 0. The fraction of sp³-hybridized carbons (Fsp3) is 0.500. The monoisotopic (exact) mass is 305 g/mol. The second-order valence-electron chi connectivity index (χ2n) is 5.72. The lowest BCUT2D eigenvalue weighted by Crippen LogP contribution is -2.29. The van der Waals surface area contributed by atoms with Gasteiger partial charge in [0.25, 0.3) is 0 Å². The summed E-state index contributed by atoms with van der Waals surface area (Å²) in [6, 6.07) is 5.45. The SMILES string of the molecule is CC(c1ccc2c(c1)OCCCO2)N1CC(C(=O)O)CC1=O. The average Bonchev–Trinajstić information content (AvgIpc) is 2.74. The van der Waals surface area contributed by atoms with E-state index in [1.54, 1.807) is 4.90 Å². The van der Waals surface area contributed by atoms with Gasteiger partial charge in [0.1, 0.15) is 0 Å². The van der Waals surface area contributed by atoms with Crippen LogP contribution in [0.1, 0.15) is 31.4 Å². The molecule has 1 fully saturated rings. The second kappa shape index (κ2) is 5.87. The van der Waals surface area contributed by atoms with Crippen LogP contribution in [0.4, 0.5) is 0 Å². The highest BCUT2D eigenvalue weighted by atomic mass is 16.5. The molecule has 3 rings (SSSR count). The highest BCUT2D eigenvalue weighted by Crippen LogP contribution is 2.35. The van der Waals surface area contributed by atoms with E-state index < -0.39 is 11.9 Å². The van der Waals surface area contributed by atoms with E-state index in [0.29, 0.717) is 24.7 Å². The number of carboxylic acids is 1. The van der Waals surface area contributed by atoms with Crippen molar-refractivity contribution in [3.63, 3.8) is 0 Å². The van der Waals surface area contributed by atoms with Crippen molar-refractivity contribution < 1.29 is 24.2 Å². The van der Waals surface area contributed by atoms with E-state index in [0.717, 1.165) is 12.0 Å². The standard InChI is InChI=1S/C16H19NO5/c1-10(17-9-12(16(19)20)8-15(17)18)11-3-4-13-14(7-11)22-6-2-5-21-13/h3-4,7,10,12H,2,5-6,8-9H2,1H3,(H,19,20). The summed E-state index contributed by atoms with van der Waals surface area (Å²) in [6.45, 7) is 3.40. The number of carbonyl (C=O) groups is 2. The predicted octanol–water partition coefficient (Wildman–Crippen LogP) is 1.84. The minimum absolute atomic E-state index is 0.0736. The van der Waals surface area contributed by atoms with Crippen LogP contribution in [0.15, 0.2) is 18.2 Å². The van der Waals surface area contributed by atoms with Crippen LogP contribution in [0.25, 0.3) is 0 Å². The molecule has 1 amide bonds. The van der Waals surface area contributed by atoms with Gasteiger partial charge in [-0.2, -0.15) is 0 Å². The third-order valence-corrected chi connectivity index (χ3v) is 4.23. The molecule has 0 aromatic heterocycles. The van der Waals surface area contributed by atoms with E-state index >= 15 is 0 Å². The second-order valence-corrected chi connectivity index (χ2v) is 5.72. The van der Waals surface area contributed by atoms with Crippen LogP contribution < -0.4 is 9.47 Å². The van der Waals surface area contributed by atoms with Gasteiger partial charge >= 0.3 is 5.97 Å². The van der Waals surface area contributed by atoms with E-state index in [-0.39, 0.29) is 24.9 Å². The molecule has 1 aromatic rings. The molecule has 0 saturated carbocycles. The van der Waals surface area contributed by atoms with Crippen molar-refractivity contribution in [3.8, 4) is 11.5 Å². The number of hydrogen-bond acceptors (Lipinski definition) is 4. The van der Waals surface area contributed by atoms with Crippen molar-refractivity contribution in [2.75, 3.05) is 19.8 Å². The Morgan fingerprint density at radius 3 is 2.73 bits per heavy atom. The molecule has 2 aliphatic rings. The van der Waals surface area contributed by atoms with Gasteiger partial charge in [0.15, 0.2) is 11.5 Å². The van der Waals surface area contributed by atoms with Crippen molar-refractivity contribution in [1.29, 1.82) is 0 Å². The van der Waals surface area contributed by atoms with Crippen molar-refractivity contribution in [2.45, 2.75) is 25.8 Å². The van der Waals surface area contributed by atoms with Crippen LogP contribution >= 0.6 is 0 Å². The van der Waals surface area contributed by atoms with Crippen LogP contribution in [0.2, 0.25) is 0 Å².